The quantitative estimate of drug-likeness (QED) is 0.807. The Morgan fingerprint density at radius 3 is 1.41 bits per heavy atom. The van der Waals surface area contributed by atoms with Gasteiger partial charge in [-0.25, -0.2) is 0 Å². The summed E-state index contributed by atoms with van der Waals surface area (Å²) in [5.41, 5.74) is 2.56. The van der Waals surface area contributed by atoms with Crippen LogP contribution in [0.2, 0.25) is 0 Å². The van der Waals surface area contributed by atoms with Crippen LogP contribution in [0, 0.1) is 23.7 Å². The van der Waals surface area contributed by atoms with Crippen molar-refractivity contribution in [1.82, 2.24) is 0 Å². The molecule has 1 aliphatic carbocycles. The average Bonchev–Trinajstić information content (AvgIpc) is 2.75. The van der Waals surface area contributed by atoms with Crippen LogP contribution in [0.15, 0.2) is 60.7 Å². The van der Waals surface area contributed by atoms with Crippen LogP contribution in [0.3, 0.4) is 0 Å². The van der Waals surface area contributed by atoms with Gasteiger partial charge in [0.1, 0.15) is 5.78 Å². The van der Waals surface area contributed by atoms with E-state index in [1.54, 1.807) is 0 Å². The Balaban J connectivity index is 1.75. The van der Waals surface area contributed by atoms with Crippen LogP contribution in [0.25, 0.3) is 0 Å². The summed E-state index contributed by atoms with van der Waals surface area (Å²) in [6.45, 7) is 4.50. The molecule has 3 rings (SSSR count). The van der Waals surface area contributed by atoms with Crippen LogP contribution in [0.4, 0.5) is 0 Å². The van der Waals surface area contributed by atoms with E-state index in [0.29, 0.717) is 17.6 Å². The van der Waals surface area contributed by atoms with Crippen molar-refractivity contribution in [1.29, 1.82) is 0 Å². The summed E-state index contributed by atoms with van der Waals surface area (Å²) in [5, 5.41) is 0. The zero-order valence-electron chi connectivity index (χ0n) is 13.4. The number of benzene rings is 2. The van der Waals surface area contributed by atoms with Crippen molar-refractivity contribution < 1.29 is 4.79 Å². The van der Waals surface area contributed by atoms with Gasteiger partial charge < -0.3 is 0 Å². The highest BCUT2D eigenvalue weighted by Gasteiger charge is 2.44. The number of carbonyl (C=O) groups excluding carboxylic acids is 1. The zero-order chi connectivity index (χ0) is 15.5. The second kappa shape index (κ2) is 6.48. The number of hydrogen-bond donors (Lipinski definition) is 0. The van der Waals surface area contributed by atoms with Crippen LogP contribution in [-0.4, -0.2) is 5.78 Å². The Morgan fingerprint density at radius 2 is 1.05 bits per heavy atom. The first kappa shape index (κ1) is 15.0. The van der Waals surface area contributed by atoms with Crippen molar-refractivity contribution >= 4 is 5.78 Å². The first-order valence-electron chi connectivity index (χ1n) is 8.28. The van der Waals surface area contributed by atoms with Gasteiger partial charge in [-0.05, 0) is 35.8 Å². The maximum absolute atomic E-state index is 12.9. The van der Waals surface area contributed by atoms with Gasteiger partial charge in [-0.15, -0.1) is 0 Å². The lowest BCUT2D eigenvalue weighted by Gasteiger charge is -2.17. The van der Waals surface area contributed by atoms with E-state index < -0.39 is 0 Å². The molecule has 1 fully saturated rings. The third kappa shape index (κ3) is 2.99. The fourth-order valence-corrected chi connectivity index (χ4v) is 3.84. The molecule has 0 saturated heterocycles. The lowest BCUT2D eigenvalue weighted by Crippen LogP contribution is -2.20. The van der Waals surface area contributed by atoms with Crippen LogP contribution in [0.1, 0.15) is 25.0 Å². The summed E-state index contributed by atoms with van der Waals surface area (Å²) in [6.07, 6.45) is 1.77. The predicted octanol–water partition coefficient (Wildman–Crippen LogP) is 4.56. The Kier molecular flexibility index (Phi) is 4.42. The van der Waals surface area contributed by atoms with Crippen molar-refractivity contribution in [2.75, 3.05) is 0 Å². The van der Waals surface area contributed by atoms with Gasteiger partial charge >= 0.3 is 0 Å². The van der Waals surface area contributed by atoms with Gasteiger partial charge in [-0.2, -0.15) is 0 Å². The minimum absolute atomic E-state index is 0.172. The molecule has 1 saturated carbocycles. The molecule has 22 heavy (non-hydrogen) atoms. The molecular formula is C21H24O. The van der Waals surface area contributed by atoms with E-state index in [1.165, 1.54) is 11.1 Å². The number of ketones is 1. The predicted molar refractivity (Wildman–Crippen MR) is 90.6 cm³/mol. The molecule has 0 amide bonds. The average molecular weight is 292 g/mol. The highest BCUT2D eigenvalue weighted by molar-refractivity contribution is 5.86. The SMILES string of the molecule is CC1C(Cc2ccccc2)C(=O)C(Cc2ccccc2)C1C. The van der Waals surface area contributed by atoms with Crippen LogP contribution < -0.4 is 0 Å². The molecule has 0 heterocycles. The number of rotatable bonds is 4. The smallest absolute Gasteiger partial charge is 0.140 e. The van der Waals surface area contributed by atoms with E-state index in [-0.39, 0.29) is 11.8 Å². The monoisotopic (exact) mass is 292 g/mol. The minimum atomic E-state index is 0.172. The van der Waals surface area contributed by atoms with Gasteiger partial charge in [0.25, 0.3) is 0 Å². The maximum Gasteiger partial charge on any atom is 0.140 e. The molecule has 4 unspecified atom stereocenters. The van der Waals surface area contributed by atoms with Crippen LogP contribution >= 0.6 is 0 Å². The Labute approximate surface area is 133 Å². The fourth-order valence-electron chi connectivity index (χ4n) is 3.84. The van der Waals surface area contributed by atoms with E-state index in [4.69, 9.17) is 0 Å². The standard InChI is InChI=1S/C21H24O/c1-15-16(2)20(14-18-11-7-4-8-12-18)21(22)19(15)13-17-9-5-3-6-10-17/h3-12,15-16,19-20H,13-14H2,1-2H3. The van der Waals surface area contributed by atoms with Crippen molar-refractivity contribution in [3.05, 3.63) is 71.8 Å². The zero-order valence-corrected chi connectivity index (χ0v) is 13.4. The van der Waals surface area contributed by atoms with E-state index in [0.717, 1.165) is 12.8 Å². The van der Waals surface area contributed by atoms with Gasteiger partial charge in [0.05, 0.1) is 0 Å². The van der Waals surface area contributed by atoms with Gasteiger partial charge in [0.2, 0.25) is 0 Å². The molecule has 2 aromatic rings. The van der Waals surface area contributed by atoms with Gasteiger partial charge in [-0.3, -0.25) is 4.79 Å². The van der Waals surface area contributed by atoms with Crippen LogP contribution in [-0.2, 0) is 17.6 Å². The van der Waals surface area contributed by atoms with E-state index >= 15 is 0 Å². The summed E-state index contributed by atoms with van der Waals surface area (Å²) in [7, 11) is 0. The van der Waals surface area contributed by atoms with E-state index in [9.17, 15) is 4.79 Å². The maximum atomic E-state index is 12.9. The molecule has 0 spiro atoms. The van der Waals surface area contributed by atoms with Crippen LogP contribution in [0.5, 0.6) is 0 Å². The summed E-state index contributed by atoms with van der Waals surface area (Å²) in [5.74, 6) is 1.73. The topological polar surface area (TPSA) is 17.1 Å². The van der Waals surface area contributed by atoms with Gasteiger partial charge in [0.15, 0.2) is 0 Å². The number of Topliss-reactive ketones (excluding diaryl/α,β-unsaturated/α-hetero) is 1. The number of carbonyl (C=O) groups is 1. The lowest BCUT2D eigenvalue weighted by atomic mass is 9.86. The second-order valence-electron chi connectivity index (χ2n) is 6.71. The normalized spacial score (nSPS) is 28.0. The largest absolute Gasteiger partial charge is 0.299 e. The molecule has 0 aromatic heterocycles. The highest BCUT2D eigenvalue weighted by Crippen LogP contribution is 2.41. The molecular weight excluding hydrogens is 268 g/mol. The molecule has 0 bridgehead atoms. The second-order valence-corrected chi connectivity index (χ2v) is 6.71. The Morgan fingerprint density at radius 1 is 0.682 bits per heavy atom. The molecule has 1 nitrogen and oxygen atoms in total. The molecule has 0 radical (unpaired) electrons. The summed E-state index contributed by atoms with van der Waals surface area (Å²) < 4.78 is 0. The molecule has 0 N–H and O–H groups in total. The fraction of sp³-hybridized carbons (Fsp3) is 0.381. The van der Waals surface area contributed by atoms with E-state index in [2.05, 4.69) is 62.4 Å². The summed E-state index contributed by atoms with van der Waals surface area (Å²) in [6, 6.07) is 20.8. The number of hydrogen-bond acceptors (Lipinski definition) is 1. The highest BCUT2D eigenvalue weighted by atomic mass is 16.1. The summed E-state index contributed by atoms with van der Waals surface area (Å²) >= 11 is 0. The Bertz CT molecular complexity index is 561. The third-order valence-electron chi connectivity index (χ3n) is 5.43. The molecule has 2 aromatic carbocycles. The van der Waals surface area contributed by atoms with Crippen molar-refractivity contribution in [3.8, 4) is 0 Å². The van der Waals surface area contributed by atoms with Gasteiger partial charge in [-0.1, -0.05) is 74.5 Å². The molecule has 4 atom stereocenters. The molecule has 0 aliphatic heterocycles. The van der Waals surface area contributed by atoms with Crippen molar-refractivity contribution in [2.24, 2.45) is 23.7 Å². The summed E-state index contributed by atoms with van der Waals surface area (Å²) in [4.78, 5) is 12.9. The first-order chi connectivity index (χ1) is 10.7. The van der Waals surface area contributed by atoms with Crippen molar-refractivity contribution in [3.63, 3.8) is 0 Å². The first-order valence-corrected chi connectivity index (χ1v) is 8.28. The lowest BCUT2D eigenvalue weighted by molar-refractivity contribution is -0.124. The third-order valence-corrected chi connectivity index (χ3v) is 5.43. The van der Waals surface area contributed by atoms with Gasteiger partial charge in [0, 0.05) is 11.8 Å². The van der Waals surface area contributed by atoms with E-state index in [1.807, 2.05) is 12.1 Å². The molecule has 1 aliphatic rings. The van der Waals surface area contributed by atoms with Crippen molar-refractivity contribution in [2.45, 2.75) is 26.7 Å². The minimum Gasteiger partial charge on any atom is -0.299 e. The molecule has 114 valence electrons. The molecule has 1 heteroatoms. The Hall–Kier alpha value is -1.89.